The zero-order valence-corrected chi connectivity index (χ0v) is 30.2. The van der Waals surface area contributed by atoms with Crippen molar-refractivity contribution in [2.75, 3.05) is 0 Å². The summed E-state index contributed by atoms with van der Waals surface area (Å²) in [5, 5.41) is 12.4. The molecular formula is C51H27N3O3. The lowest BCUT2D eigenvalue weighted by molar-refractivity contribution is 0.669. The second-order valence-corrected chi connectivity index (χ2v) is 14.6. The quantitative estimate of drug-likeness (QED) is 0.180. The number of hydrogen-bond donors (Lipinski definition) is 0. The summed E-state index contributed by atoms with van der Waals surface area (Å²) in [6.45, 7) is 0. The molecule has 0 fully saturated rings. The molecular weight excluding hydrogens is 703 g/mol. The van der Waals surface area contributed by atoms with E-state index < -0.39 is 0 Å². The third-order valence-corrected chi connectivity index (χ3v) is 11.5. The van der Waals surface area contributed by atoms with E-state index in [9.17, 15) is 0 Å². The SMILES string of the molecule is c1ccc2c(c1)cc(-c1nc(-c3cccc4c3oc3ccc5ccccc5c34)nc(-c3cc4ccccc4c4oc5ccccc5c34)n1)c1c3ccccc3oc21. The molecule has 0 unspecified atom stereocenters. The molecule has 0 bridgehead atoms. The Hall–Kier alpha value is -7.83. The lowest BCUT2D eigenvalue weighted by Gasteiger charge is -2.12. The van der Waals surface area contributed by atoms with E-state index in [4.69, 9.17) is 28.2 Å². The third-order valence-electron chi connectivity index (χ3n) is 11.5. The molecule has 0 spiro atoms. The molecule has 4 aromatic heterocycles. The molecule has 0 atom stereocenters. The largest absolute Gasteiger partial charge is 0.455 e. The fourth-order valence-electron chi connectivity index (χ4n) is 8.95. The van der Waals surface area contributed by atoms with Crippen molar-refractivity contribution >= 4 is 98.1 Å². The van der Waals surface area contributed by atoms with E-state index in [1.807, 2.05) is 66.7 Å². The van der Waals surface area contributed by atoms with Gasteiger partial charge in [-0.25, -0.2) is 15.0 Å². The zero-order chi connectivity index (χ0) is 37.2. The van der Waals surface area contributed by atoms with Crippen LogP contribution in [0.15, 0.2) is 177 Å². The molecule has 6 heteroatoms. The Morgan fingerprint density at radius 1 is 0.281 bits per heavy atom. The molecule has 13 aromatic rings. The second kappa shape index (κ2) is 11.4. The van der Waals surface area contributed by atoms with Gasteiger partial charge < -0.3 is 13.3 Å². The highest BCUT2D eigenvalue weighted by Crippen LogP contribution is 2.45. The highest BCUT2D eigenvalue weighted by molar-refractivity contribution is 6.23. The maximum Gasteiger partial charge on any atom is 0.167 e. The molecule has 6 nitrogen and oxygen atoms in total. The van der Waals surface area contributed by atoms with Crippen LogP contribution in [0.2, 0.25) is 0 Å². The van der Waals surface area contributed by atoms with E-state index in [1.54, 1.807) is 0 Å². The Morgan fingerprint density at radius 3 is 1.33 bits per heavy atom. The van der Waals surface area contributed by atoms with Crippen LogP contribution in [0.3, 0.4) is 0 Å². The molecule has 264 valence electrons. The summed E-state index contributed by atoms with van der Waals surface area (Å²) in [5.41, 5.74) is 7.24. The molecule has 57 heavy (non-hydrogen) atoms. The summed E-state index contributed by atoms with van der Waals surface area (Å²) >= 11 is 0. The molecule has 0 saturated carbocycles. The van der Waals surface area contributed by atoms with E-state index in [0.29, 0.717) is 17.5 Å². The van der Waals surface area contributed by atoms with Gasteiger partial charge in [-0.1, -0.05) is 127 Å². The summed E-state index contributed by atoms with van der Waals surface area (Å²) in [5.74, 6) is 1.57. The van der Waals surface area contributed by atoms with Crippen molar-refractivity contribution in [1.82, 2.24) is 15.0 Å². The Morgan fingerprint density at radius 2 is 0.737 bits per heavy atom. The first-order valence-corrected chi connectivity index (χ1v) is 19.0. The molecule has 0 aliphatic carbocycles. The van der Waals surface area contributed by atoms with Crippen molar-refractivity contribution in [3.8, 4) is 34.2 Å². The standard InChI is InChI=1S/C51H27N3O3/c1-4-15-31-28(12-1)24-25-42-43(31)36-20-11-21-37(46(36)57-42)49-52-50(38-26-29-13-2-5-16-32(29)47-44(38)34-18-7-9-22-40(34)55-47)54-51(53-49)39-27-30-14-3-6-17-33(30)48-45(39)35-19-8-10-23-41(35)56-48/h1-27H. The second-order valence-electron chi connectivity index (χ2n) is 14.6. The molecule has 0 saturated heterocycles. The van der Waals surface area contributed by atoms with E-state index in [2.05, 4.69) is 97.1 Å². The molecule has 0 amide bonds. The third kappa shape index (κ3) is 4.32. The lowest BCUT2D eigenvalue weighted by atomic mass is 9.98. The predicted octanol–water partition coefficient (Wildman–Crippen LogP) is 14.0. The highest BCUT2D eigenvalue weighted by atomic mass is 16.3. The monoisotopic (exact) mass is 729 g/mol. The molecule has 4 heterocycles. The molecule has 0 radical (unpaired) electrons. The minimum Gasteiger partial charge on any atom is -0.455 e. The highest BCUT2D eigenvalue weighted by Gasteiger charge is 2.24. The Bertz CT molecular complexity index is 3660. The number of para-hydroxylation sites is 3. The summed E-state index contributed by atoms with van der Waals surface area (Å²) < 4.78 is 20.0. The normalized spacial score (nSPS) is 12.2. The molecule has 0 aliphatic heterocycles. The summed E-state index contributed by atoms with van der Waals surface area (Å²) in [4.78, 5) is 16.2. The van der Waals surface area contributed by atoms with Gasteiger partial charge in [-0.05, 0) is 57.9 Å². The van der Waals surface area contributed by atoms with Crippen LogP contribution in [0, 0.1) is 0 Å². The number of rotatable bonds is 3. The molecule has 13 rings (SSSR count). The fourth-order valence-corrected chi connectivity index (χ4v) is 8.95. The number of fused-ring (bicyclic) bond motifs is 15. The molecule has 0 N–H and O–H groups in total. The van der Waals surface area contributed by atoms with Crippen molar-refractivity contribution in [3.63, 3.8) is 0 Å². The molecule has 9 aromatic carbocycles. The predicted molar refractivity (Wildman–Crippen MR) is 230 cm³/mol. The number of aromatic nitrogens is 3. The number of hydrogen-bond acceptors (Lipinski definition) is 6. The van der Waals surface area contributed by atoms with E-state index in [-0.39, 0.29) is 0 Å². The van der Waals surface area contributed by atoms with Crippen molar-refractivity contribution in [1.29, 1.82) is 0 Å². The van der Waals surface area contributed by atoms with E-state index >= 15 is 0 Å². The van der Waals surface area contributed by atoms with Gasteiger partial charge in [0, 0.05) is 54.2 Å². The van der Waals surface area contributed by atoms with Crippen LogP contribution in [-0.2, 0) is 0 Å². The van der Waals surface area contributed by atoms with E-state index in [1.165, 1.54) is 0 Å². The van der Waals surface area contributed by atoms with Gasteiger partial charge in [0.25, 0.3) is 0 Å². The van der Waals surface area contributed by atoms with Gasteiger partial charge in [0.15, 0.2) is 17.5 Å². The first kappa shape index (κ1) is 30.5. The van der Waals surface area contributed by atoms with Crippen LogP contribution in [-0.4, -0.2) is 15.0 Å². The minimum absolute atomic E-state index is 0.507. The molecule has 0 aliphatic rings. The smallest absolute Gasteiger partial charge is 0.167 e. The summed E-state index contributed by atoms with van der Waals surface area (Å²) in [6.07, 6.45) is 0. The number of furan rings is 3. The van der Waals surface area contributed by atoms with Crippen LogP contribution in [0.1, 0.15) is 0 Å². The van der Waals surface area contributed by atoms with Crippen LogP contribution >= 0.6 is 0 Å². The summed E-state index contributed by atoms with van der Waals surface area (Å²) in [7, 11) is 0. The average Bonchev–Trinajstić information content (AvgIpc) is 3.98. The van der Waals surface area contributed by atoms with Gasteiger partial charge in [0.1, 0.15) is 33.5 Å². The van der Waals surface area contributed by atoms with Crippen LogP contribution in [0.25, 0.3) is 132 Å². The van der Waals surface area contributed by atoms with Crippen molar-refractivity contribution in [3.05, 3.63) is 164 Å². The number of benzene rings is 9. The Kier molecular flexibility index (Phi) is 6.07. The van der Waals surface area contributed by atoms with Crippen LogP contribution < -0.4 is 0 Å². The summed E-state index contributed by atoms with van der Waals surface area (Å²) in [6, 6.07) is 56.1. The fraction of sp³-hybridized carbons (Fsp3) is 0. The van der Waals surface area contributed by atoms with Crippen molar-refractivity contribution in [2.45, 2.75) is 0 Å². The van der Waals surface area contributed by atoms with Gasteiger partial charge in [0.2, 0.25) is 0 Å². The van der Waals surface area contributed by atoms with Crippen molar-refractivity contribution in [2.24, 2.45) is 0 Å². The van der Waals surface area contributed by atoms with Gasteiger partial charge >= 0.3 is 0 Å². The van der Waals surface area contributed by atoms with Gasteiger partial charge in [-0.2, -0.15) is 0 Å². The zero-order valence-electron chi connectivity index (χ0n) is 30.2. The van der Waals surface area contributed by atoms with Crippen molar-refractivity contribution < 1.29 is 13.3 Å². The maximum atomic E-state index is 6.75. The Labute approximate surface area is 323 Å². The maximum absolute atomic E-state index is 6.75. The van der Waals surface area contributed by atoms with Gasteiger partial charge in [-0.15, -0.1) is 0 Å². The van der Waals surface area contributed by atoms with Gasteiger partial charge in [0.05, 0.1) is 5.56 Å². The van der Waals surface area contributed by atoms with Crippen LogP contribution in [0.4, 0.5) is 0 Å². The topological polar surface area (TPSA) is 78.1 Å². The lowest BCUT2D eigenvalue weighted by Crippen LogP contribution is -2.01. The Balaban J connectivity index is 1.18. The first-order chi connectivity index (χ1) is 28.2. The van der Waals surface area contributed by atoms with E-state index in [0.717, 1.165) is 115 Å². The van der Waals surface area contributed by atoms with Gasteiger partial charge in [-0.3, -0.25) is 0 Å². The first-order valence-electron chi connectivity index (χ1n) is 19.0. The minimum atomic E-state index is 0.507. The van der Waals surface area contributed by atoms with Crippen LogP contribution in [0.5, 0.6) is 0 Å². The average molecular weight is 730 g/mol. The number of nitrogens with zero attached hydrogens (tertiary/aromatic N) is 3.